The molecule has 1 amide bonds. The van der Waals surface area contributed by atoms with Crippen LogP contribution in [0.2, 0.25) is 0 Å². The average Bonchev–Trinajstić information content (AvgIpc) is 2.54. The van der Waals surface area contributed by atoms with Gasteiger partial charge in [-0.2, -0.15) is 18.3 Å². The Morgan fingerprint density at radius 1 is 1.37 bits per heavy atom. The molecular weight excluding hydrogens is 261 g/mol. The second-order valence-corrected chi connectivity index (χ2v) is 4.23. The van der Waals surface area contributed by atoms with E-state index in [4.69, 9.17) is 0 Å². The minimum absolute atomic E-state index is 0.216. The number of halogens is 3. The van der Waals surface area contributed by atoms with Crippen molar-refractivity contribution in [3.63, 3.8) is 0 Å². The number of rotatable bonds is 5. The third kappa shape index (κ3) is 4.55. The van der Waals surface area contributed by atoms with Gasteiger partial charge in [-0.1, -0.05) is 0 Å². The van der Waals surface area contributed by atoms with Gasteiger partial charge < -0.3 is 10.6 Å². The summed E-state index contributed by atoms with van der Waals surface area (Å²) < 4.78 is 37.3. The van der Waals surface area contributed by atoms with E-state index in [0.717, 1.165) is 17.0 Å². The standard InChI is InChI=1S/C11H17F3N4O/c1-7-9(4-15-3)8(2)18(17-7)5-10(19)16-6-11(12,13)14/h15H,4-6H2,1-3H3,(H,16,19). The number of alkyl halides is 3. The average molecular weight is 278 g/mol. The number of nitrogens with zero attached hydrogens (tertiary/aromatic N) is 2. The molecule has 1 rings (SSSR count). The largest absolute Gasteiger partial charge is 0.405 e. The lowest BCUT2D eigenvalue weighted by Crippen LogP contribution is -2.36. The van der Waals surface area contributed by atoms with Crippen LogP contribution in [0.3, 0.4) is 0 Å². The highest BCUT2D eigenvalue weighted by atomic mass is 19.4. The maximum atomic E-state index is 12.0. The first-order valence-corrected chi connectivity index (χ1v) is 5.75. The van der Waals surface area contributed by atoms with Crippen LogP contribution < -0.4 is 10.6 Å². The summed E-state index contributed by atoms with van der Waals surface area (Å²) in [4.78, 5) is 11.4. The van der Waals surface area contributed by atoms with Gasteiger partial charge in [0.25, 0.3) is 0 Å². The summed E-state index contributed by atoms with van der Waals surface area (Å²) >= 11 is 0. The van der Waals surface area contributed by atoms with E-state index in [-0.39, 0.29) is 6.54 Å². The Labute approximate surface area is 109 Å². The molecule has 0 aliphatic carbocycles. The smallest absolute Gasteiger partial charge is 0.345 e. The van der Waals surface area contributed by atoms with E-state index in [1.807, 2.05) is 5.32 Å². The molecule has 2 N–H and O–H groups in total. The lowest BCUT2D eigenvalue weighted by Gasteiger charge is -2.09. The van der Waals surface area contributed by atoms with E-state index in [2.05, 4.69) is 10.4 Å². The topological polar surface area (TPSA) is 59.0 Å². The number of hydrogen-bond acceptors (Lipinski definition) is 3. The highest BCUT2D eigenvalue weighted by molar-refractivity contribution is 5.75. The van der Waals surface area contributed by atoms with Crippen molar-refractivity contribution >= 4 is 5.91 Å². The van der Waals surface area contributed by atoms with Gasteiger partial charge in [0.15, 0.2) is 0 Å². The molecule has 0 radical (unpaired) electrons. The molecule has 0 aliphatic rings. The normalized spacial score (nSPS) is 11.7. The molecule has 0 bridgehead atoms. The molecule has 108 valence electrons. The molecule has 19 heavy (non-hydrogen) atoms. The predicted molar refractivity (Wildman–Crippen MR) is 63.5 cm³/mol. The SMILES string of the molecule is CNCc1c(C)nn(CC(=O)NCC(F)(F)F)c1C. The second-order valence-electron chi connectivity index (χ2n) is 4.23. The van der Waals surface area contributed by atoms with Crippen molar-refractivity contribution in [1.29, 1.82) is 0 Å². The zero-order chi connectivity index (χ0) is 14.6. The molecule has 0 saturated heterocycles. The third-order valence-corrected chi connectivity index (χ3v) is 2.66. The van der Waals surface area contributed by atoms with Crippen molar-refractivity contribution in [2.75, 3.05) is 13.6 Å². The Hall–Kier alpha value is -1.57. The van der Waals surface area contributed by atoms with Crippen LogP contribution in [0.15, 0.2) is 0 Å². The van der Waals surface area contributed by atoms with Crippen LogP contribution in [0.5, 0.6) is 0 Å². The van der Waals surface area contributed by atoms with Crippen LogP contribution in [-0.2, 0) is 17.9 Å². The van der Waals surface area contributed by atoms with Crippen molar-refractivity contribution in [1.82, 2.24) is 20.4 Å². The first kappa shape index (κ1) is 15.5. The van der Waals surface area contributed by atoms with Crippen LogP contribution in [0.25, 0.3) is 0 Å². The summed E-state index contributed by atoms with van der Waals surface area (Å²) in [5, 5.41) is 8.94. The Bertz CT molecular complexity index is 454. The van der Waals surface area contributed by atoms with Crippen LogP contribution in [0.1, 0.15) is 17.0 Å². The number of carbonyl (C=O) groups excluding carboxylic acids is 1. The van der Waals surface area contributed by atoms with Gasteiger partial charge in [0.2, 0.25) is 5.91 Å². The summed E-state index contributed by atoms with van der Waals surface area (Å²) in [5.74, 6) is -0.709. The lowest BCUT2D eigenvalue weighted by atomic mass is 10.2. The van der Waals surface area contributed by atoms with E-state index in [0.29, 0.717) is 6.54 Å². The van der Waals surface area contributed by atoms with Crippen molar-refractivity contribution < 1.29 is 18.0 Å². The zero-order valence-electron chi connectivity index (χ0n) is 11.1. The molecule has 0 unspecified atom stereocenters. The fourth-order valence-electron chi connectivity index (χ4n) is 1.71. The lowest BCUT2D eigenvalue weighted by molar-refractivity contribution is -0.138. The quantitative estimate of drug-likeness (QED) is 0.841. The van der Waals surface area contributed by atoms with E-state index < -0.39 is 18.6 Å². The summed E-state index contributed by atoms with van der Waals surface area (Å²) in [7, 11) is 1.78. The Morgan fingerprint density at radius 3 is 2.53 bits per heavy atom. The van der Waals surface area contributed by atoms with E-state index in [1.165, 1.54) is 4.68 Å². The van der Waals surface area contributed by atoms with Crippen LogP contribution >= 0.6 is 0 Å². The molecule has 1 aromatic heterocycles. The van der Waals surface area contributed by atoms with Crippen molar-refractivity contribution in [2.45, 2.75) is 33.1 Å². The molecule has 1 heterocycles. The number of hydrogen-bond donors (Lipinski definition) is 2. The van der Waals surface area contributed by atoms with Crippen molar-refractivity contribution in [2.24, 2.45) is 0 Å². The molecule has 0 atom stereocenters. The summed E-state index contributed by atoms with van der Waals surface area (Å²) in [6.45, 7) is 2.64. The van der Waals surface area contributed by atoms with Gasteiger partial charge in [-0.15, -0.1) is 0 Å². The number of nitrogens with one attached hydrogen (secondary N) is 2. The van der Waals surface area contributed by atoms with Crippen LogP contribution in [0, 0.1) is 13.8 Å². The van der Waals surface area contributed by atoms with Gasteiger partial charge >= 0.3 is 6.18 Å². The first-order chi connectivity index (χ1) is 8.74. The fourth-order valence-corrected chi connectivity index (χ4v) is 1.71. The maximum Gasteiger partial charge on any atom is 0.405 e. The van der Waals surface area contributed by atoms with Gasteiger partial charge in [0.1, 0.15) is 13.1 Å². The van der Waals surface area contributed by atoms with Gasteiger partial charge in [-0.3, -0.25) is 9.48 Å². The Balaban J connectivity index is 2.67. The second kappa shape index (κ2) is 6.05. The van der Waals surface area contributed by atoms with Crippen LogP contribution in [-0.4, -0.2) is 35.5 Å². The highest BCUT2D eigenvalue weighted by Crippen LogP contribution is 2.13. The number of amides is 1. The minimum atomic E-state index is -4.40. The van der Waals surface area contributed by atoms with E-state index >= 15 is 0 Å². The molecule has 1 aromatic rings. The minimum Gasteiger partial charge on any atom is -0.345 e. The van der Waals surface area contributed by atoms with E-state index in [1.54, 1.807) is 20.9 Å². The predicted octanol–water partition coefficient (Wildman–Crippen LogP) is 0.898. The zero-order valence-corrected chi connectivity index (χ0v) is 11.1. The highest BCUT2D eigenvalue weighted by Gasteiger charge is 2.27. The summed E-state index contributed by atoms with van der Waals surface area (Å²) in [6, 6.07) is 0. The van der Waals surface area contributed by atoms with Gasteiger partial charge in [-0.05, 0) is 20.9 Å². The van der Waals surface area contributed by atoms with Gasteiger partial charge in [0.05, 0.1) is 5.69 Å². The number of aryl methyl sites for hydroxylation is 1. The Kier molecular flexibility index (Phi) is 4.93. The molecule has 0 fully saturated rings. The van der Waals surface area contributed by atoms with Crippen molar-refractivity contribution in [3.05, 3.63) is 17.0 Å². The summed E-state index contributed by atoms with van der Waals surface area (Å²) in [5.41, 5.74) is 2.48. The number of aromatic nitrogens is 2. The van der Waals surface area contributed by atoms with Crippen molar-refractivity contribution in [3.8, 4) is 0 Å². The monoisotopic (exact) mass is 278 g/mol. The van der Waals surface area contributed by atoms with Gasteiger partial charge in [-0.25, -0.2) is 0 Å². The molecule has 8 heteroatoms. The molecule has 0 aromatic carbocycles. The fraction of sp³-hybridized carbons (Fsp3) is 0.636. The molecule has 0 spiro atoms. The Morgan fingerprint density at radius 2 is 2.00 bits per heavy atom. The van der Waals surface area contributed by atoms with Crippen LogP contribution in [0.4, 0.5) is 13.2 Å². The first-order valence-electron chi connectivity index (χ1n) is 5.75. The number of carbonyl (C=O) groups is 1. The van der Waals surface area contributed by atoms with Gasteiger partial charge in [0, 0.05) is 17.8 Å². The molecule has 0 saturated carbocycles. The molecule has 0 aliphatic heterocycles. The maximum absolute atomic E-state index is 12.0. The molecular formula is C11H17F3N4O. The third-order valence-electron chi connectivity index (χ3n) is 2.66. The molecule has 5 nitrogen and oxygen atoms in total. The van der Waals surface area contributed by atoms with E-state index in [9.17, 15) is 18.0 Å². The summed E-state index contributed by atoms with van der Waals surface area (Å²) in [6.07, 6.45) is -4.40.